The zero-order valence-electron chi connectivity index (χ0n) is 10.7. The van der Waals surface area contributed by atoms with E-state index in [1.54, 1.807) is 12.1 Å². The lowest BCUT2D eigenvalue weighted by Gasteiger charge is -2.20. The highest BCUT2D eigenvalue weighted by Crippen LogP contribution is 2.17. The smallest absolute Gasteiger partial charge is 0.338 e. The molecular weight excluding hydrogens is 212 g/mol. The molecular formula is C15H19O2. The van der Waals surface area contributed by atoms with Crippen LogP contribution in [0.4, 0.5) is 0 Å². The van der Waals surface area contributed by atoms with Crippen LogP contribution in [-0.4, -0.2) is 11.6 Å². The zero-order valence-corrected chi connectivity index (χ0v) is 10.7. The number of allylic oxidation sites excluding steroid dienone is 1. The molecule has 2 heteroatoms. The van der Waals surface area contributed by atoms with Gasteiger partial charge in [-0.05, 0) is 51.3 Å². The summed E-state index contributed by atoms with van der Waals surface area (Å²) >= 11 is 0. The maximum absolute atomic E-state index is 12.0. The molecule has 0 atom stereocenters. The third kappa shape index (κ3) is 4.06. The number of hydrogen-bond donors (Lipinski definition) is 0. The standard InChI is InChI=1S/C15H19O2/c1-6-7-12-10-11(2)8-9-13(12)14(16)17-15(3,4)5/h6,8-10H,1-2,7H2,3-5H3. The molecule has 0 spiro atoms. The minimum atomic E-state index is -0.480. The fourth-order valence-corrected chi connectivity index (χ4v) is 1.50. The zero-order chi connectivity index (χ0) is 13.1. The van der Waals surface area contributed by atoms with Gasteiger partial charge in [0, 0.05) is 0 Å². The van der Waals surface area contributed by atoms with E-state index in [0.717, 1.165) is 11.1 Å². The van der Waals surface area contributed by atoms with Crippen LogP contribution in [0.5, 0.6) is 0 Å². The van der Waals surface area contributed by atoms with E-state index in [1.165, 1.54) is 0 Å². The molecule has 91 valence electrons. The first-order chi connectivity index (χ1) is 7.83. The van der Waals surface area contributed by atoms with Crippen molar-refractivity contribution in [1.29, 1.82) is 0 Å². The minimum Gasteiger partial charge on any atom is -0.456 e. The summed E-state index contributed by atoms with van der Waals surface area (Å²) in [5.74, 6) is -0.297. The number of benzene rings is 1. The molecule has 0 saturated heterocycles. The van der Waals surface area contributed by atoms with E-state index in [4.69, 9.17) is 4.74 Å². The second kappa shape index (κ2) is 5.17. The van der Waals surface area contributed by atoms with E-state index in [0.29, 0.717) is 12.0 Å². The van der Waals surface area contributed by atoms with Gasteiger partial charge in [0.25, 0.3) is 0 Å². The maximum Gasteiger partial charge on any atom is 0.338 e. The quantitative estimate of drug-likeness (QED) is 0.587. The van der Waals surface area contributed by atoms with Gasteiger partial charge in [-0.2, -0.15) is 0 Å². The fraction of sp³-hybridized carbons (Fsp3) is 0.333. The van der Waals surface area contributed by atoms with Crippen LogP contribution in [0.25, 0.3) is 0 Å². The molecule has 0 unspecified atom stereocenters. The van der Waals surface area contributed by atoms with Gasteiger partial charge in [-0.3, -0.25) is 0 Å². The molecule has 1 rings (SSSR count). The largest absolute Gasteiger partial charge is 0.456 e. The Morgan fingerprint density at radius 1 is 1.41 bits per heavy atom. The van der Waals surface area contributed by atoms with Crippen LogP contribution < -0.4 is 0 Å². The lowest BCUT2D eigenvalue weighted by molar-refractivity contribution is 0.00685. The molecule has 1 aromatic carbocycles. The lowest BCUT2D eigenvalue weighted by Crippen LogP contribution is -2.24. The van der Waals surface area contributed by atoms with Gasteiger partial charge >= 0.3 is 5.97 Å². The Kier molecular flexibility index (Phi) is 4.11. The van der Waals surface area contributed by atoms with Gasteiger partial charge < -0.3 is 4.74 Å². The van der Waals surface area contributed by atoms with Crippen molar-refractivity contribution in [3.63, 3.8) is 0 Å². The van der Waals surface area contributed by atoms with Crippen molar-refractivity contribution in [2.24, 2.45) is 0 Å². The molecule has 0 bridgehead atoms. The van der Waals surface area contributed by atoms with Crippen molar-refractivity contribution < 1.29 is 9.53 Å². The molecule has 0 amide bonds. The second-order valence-corrected chi connectivity index (χ2v) is 4.99. The summed E-state index contributed by atoms with van der Waals surface area (Å²) < 4.78 is 5.36. The fourth-order valence-electron chi connectivity index (χ4n) is 1.50. The van der Waals surface area contributed by atoms with Crippen molar-refractivity contribution in [3.05, 3.63) is 54.5 Å². The summed E-state index contributed by atoms with van der Waals surface area (Å²) in [4.78, 5) is 12.0. The molecule has 0 aliphatic carbocycles. The Hall–Kier alpha value is -1.57. The van der Waals surface area contributed by atoms with E-state index in [9.17, 15) is 4.79 Å². The first-order valence-corrected chi connectivity index (χ1v) is 5.62. The SMILES string of the molecule is [CH2]c1ccc(C(=O)OC(C)(C)C)c(CC=C)c1. The summed E-state index contributed by atoms with van der Waals surface area (Å²) in [5, 5.41) is 0. The molecule has 1 radical (unpaired) electrons. The van der Waals surface area contributed by atoms with Crippen LogP contribution in [0, 0.1) is 6.92 Å². The number of rotatable bonds is 3. The van der Waals surface area contributed by atoms with Crippen molar-refractivity contribution in [2.45, 2.75) is 32.8 Å². The Morgan fingerprint density at radius 2 is 2.06 bits per heavy atom. The lowest BCUT2D eigenvalue weighted by atomic mass is 10.0. The second-order valence-electron chi connectivity index (χ2n) is 4.99. The molecule has 0 aliphatic heterocycles. The summed E-state index contributed by atoms with van der Waals surface area (Å²) in [7, 11) is 0. The highest BCUT2D eigenvalue weighted by atomic mass is 16.6. The van der Waals surface area contributed by atoms with Gasteiger partial charge in [0.05, 0.1) is 5.56 Å². The van der Waals surface area contributed by atoms with Gasteiger partial charge in [-0.25, -0.2) is 4.79 Å². The van der Waals surface area contributed by atoms with E-state index < -0.39 is 5.60 Å². The number of carbonyl (C=O) groups excluding carboxylic acids is 1. The molecule has 0 saturated carbocycles. The van der Waals surface area contributed by atoms with E-state index >= 15 is 0 Å². The van der Waals surface area contributed by atoms with Crippen LogP contribution in [0.15, 0.2) is 30.9 Å². The van der Waals surface area contributed by atoms with Gasteiger partial charge in [0.1, 0.15) is 5.60 Å². The highest BCUT2D eigenvalue weighted by molar-refractivity contribution is 5.91. The van der Waals surface area contributed by atoms with Crippen LogP contribution >= 0.6 is 0 Å². The maximum atomic E-state index is 12.0. The summed E-state index contributed by atoms with van der Waals surface area (Å²) in [6, 6.07) is 5.46. The Morgan fingerprint density at radius 3 is 2.59 bits per heavy atom. The predicted octanol–water partition coefficient (Wildman–Crippen LogP) is 3.55. The molecule has 0 aromatic heterocycles. The molecule has 0 aliphatic rings. The number of ether oxygens (including phenoxy) is 1. The van der Waals surface area contributed by atoms with Crippen LogP contribution in [-0.2, 0) is 11.2 Å². The molecule has 0 fully saturated rings. The van der Waals surface area contributed by atoms with Gasteiger partial charge in [-0.1, -0.05) is 18.2 Å². The summed E-state index contributed by atoms with van der Waals surface area (Å²) in [6.07, 6.45) is 2.40. The molecule has 17 heavy (non-hydrogen) atoms. The van der Waals surface area contributed by atoms with E-state index in [2.05, 4.69) is 13.5 Å². The topological polar surface area (TPSA) is 26.3 Å². The third-order valence-corrected chi connectivity index (χ3v) is 2.15. The van der Waals surface area contributed by atoms with Crippen LogP contribution in [0.3, 0.4) is 0 Å². The Bertz CT molecular complexity index is 425. The Balaban J connectivity index is 3.04. The first kappa shape index (κ1) is 13.5. The Labute approximate surface area is 103 Å². The predicted molar refractivity (Wildman–Crippen MR) is 70.0 cm³/mol. The average molecular weight is 231 g/mol. The van der Waals surface area contributed by atoms with Gasteiger partial charge in [0.2, 0.25) is 0 Å². The van der Waals surface area contributed by atoms with Gasteiger partial charge in [0.15, 0.2) is 0 Å². The monoisotopic (exact) mass is 231 g/mol. The number of carbonyl (C=O) groups is 1. The first-order valence-electron chi connectivity index (χ1n) is 5.62. The molecule has 1 aromatic rings. The minimum absolute atomic E-state index is 0.297. The van der Waals surface area contributed by atoms with Crippen LogP contribution in [0.1, 0.15) is 42.3 Å². The normalized spacial score (nSPS) is 11.1. The van der Waals surface area contributed by atoms with Crippen molar-refractivity contribution >= 4 is 5.97 Å². The van der Waals surface area contributed by atoms with E-state index in [-0.39, 0.29) is 5.97 Å². The molecule has 0 N–H and O–H groups in total. The number of esters is 1. The molecule has 2 nitrogen and oxygen atoms in total. The summed E-state index contributed by atoms with van der Waals surface area (Å²) in [5.41, 5.74) is 1.90. The average Bonchev–Trinajstić information content (AvgIpc) is 2.15. The van der Waals surface area contributed by atoms with Crippen LogP contribution in [0.2, 0.25) is 0 Å². The van der Waals surface area contributed by atoms with Crippen molar-refractivity contribution in [1.82, 2.24) is 0 Å². The van der Waals surface area contributed by atoms with Crippen molar-refractivity contribution in [2.75, 3.05) is 0 Å². The number of hydrogen-bond acceptors (Lipinski definition) is 2. The molecule has 0 heterocycles. The third-order valence-electron chi connectivity index (χ3n) is 2.15. The van der Waals surface area contributed by atoms with Crippen molar-refractivity contribution in [3.8, 4) is 0 Å². The summed E-state index contributed by atoms with van der Waals surface area (Å²) in [6.45, 7) is 13.1. The van der Waals surface area contributed by atoms with E-state index in [1.807, 2.05) is 32.9 Å². The van der Waals surface area contributed by atoms with Gasteiger partial charge in [-0.15, -0.1) is 6.58 Å². The highest BCUT2D eigenvalue weighted by Gasteiger charge is 2.19.